The fourth-order valence-corrected chi connectivity index (χ4v) is 1.98. The maximum absolute atomic E-state index is 11.7. The number of aryl methyl sites for hydroxylation is 1. The number of carbonyl (C=O) groups is 1. The number of rotatable bonds is 4. The Kier molecular flexibility index (Phi) is 4.02. The molecule has 18 heavy (non-hydrogen) atoms. The molecule has 1 aliphatic rings. The molecule has 0 atom stereocenters. The van der Waals surface area contributed by atoms with Gasteiger partial charge in [-0.2, -0.15) is 0 Å². The molecule has 2 N–H and O–H groups in total. The third kappa shape index (κ3) is 2.91. The van der Waals surface area contributed by atoms with E-state index in [4.69, 9.17) is 4.74 Å². The molecule has 0 bridgehead atoms. The minimum absolute atomic E-state index is 0.224. The highest BCUT2D eigenvalue weighted by atomic mass is 16.5. The predicted molar refractivity (Wildman–Crippen MR) is 69.9 cm³/mol. The summed E-state index contributed by atoms with van der Waals surface area (Å²) in [7, 11) is 1.57. The molecular weight excluding hydrogens is 230 g/mol. The molecule has 0 aromatic carbocycles. The topological polar surface area (TPSA) is 63.2 Å². The number of hydrogen-bond acceptors (Lipinski definition) is 3. The van der Waals surface area contributed by atoms with Gasteiger partial charge in [0, 0.05) is 12.7 Å². The number of aromatic nitrogens is 1. The zero-order valence-electron chi connectivity index (χ0n) is 10.8. The van der Waals surface area contributed by atoms with Gasteiger partial charge in [-0.05, 0) is 37.3 Å². The first-order valence-corrected chi connectivity index (χ1v) is 6.25. The first-order valence-electron chi connectivity index (χ1n) is 6.25. The zero-order chi connectivity index (χ0) is 13.0. The molecule has 5 heteroatoms. The number of nitrogens with zero attached hydrogens (tertiary/aromatic N) is 1. The Labute approximate surface area is 107 Å². The van der Waals surface area contributed by atoms with Gasteiger partial charge in [0.15, 0.2) is 11.6 Å². The highest BCUT2D eigenvalue weighted by molar-refractivity contribution is 5.89. The van der Waals surface area contributed by atoms with Gasteiger partial charge in [0.2, 0.25) is 0 Å². The molecule has 2 rings (SSSR count). The number of anilines is 1. The normalized spacial score (nSPS) is 14.8. The minimum atomic E-state index is -0.224. The lowest BCUT2D eigenvalue weighted by atomic mass is 9.85. The molecule has 2 amide bonds. The molecule has 5 nitrogen and oxygen atoms in total. The molecule has 0 aliphatic heterocycles. The van der Waals surface area contributed by atoms with Gasteiger partial charge in [0.25, 0.3) is 0 Å². The Morgan fingerprint density at radius 1 is 1.56 bits per heavy atom. The summed E-state index contributed by atoms with van der Waals surface area (Å²) in [5.41, 5.74) is 0.946. The SMILES string of the molecule is COc1c(C)ccnc1NC(=O)NCC1CCC1. The average molecular weight is 249 g/mol. The summed E-state index contributed by atoms with van der Waals surface area (Å²) in [4.78, 5) is 15.8. The Balaban J connectivity index is 1.91. The van der Waals surface area contributed by atoms with Gasteiger partial charge in [-0.25, -0.2) is 9.78 Å². The van der Waals surface area contributed by atoms with Gasteiger partial charge in [-0.3, -0.25) is 5.32 Å². The second-order valence-corrected chi connectivity index (χ2v) is 4.64. The molecule has 1 fully saturated rings. The lowest BCUT2D eigenvalue weighted by molar-refractivity contribution is 0.243. The van der Waals surface area contributed by atoms with Crippen molar-refractivity contribution in [1.82, 2.24) is 10.3 Å². The van der Waals surface area contributed by atoms with Gasteiger partial charge in [-0.1, -0.05) is 6.42 Å². The van der Waals surface area contributed by atoms with Crippen molar-refractivity contribution in [1.29, 1.82) is 0 Å². The summed E-state index contributed by atoms with van der Waals surface area (Å²) in [5.74, 6) is 1.71. The van der Waals surface area contributed by atoms with Crippen LogP contribution in [-0.4, -0.2) is 24.7 Å². The number of amides is 2. The molecule has 1 saturated carbocycles. The standard InChI is InChI=1S/C13H19N3O2/c1-9-6-7-14-12(11(9)18-2)16-13(17)15-8-10-4-3-5-10/h6-7,10H,3-5,8H2,1-2H3,(H2,14,15,16,17). The van der Waals surface area contributed by atoms with Crippen molar-refractivity contribution in [3.63, 3.8) is 0 Å². The number of hydrogen-bond donors (Lipinski definition) is 2. The van der Waals surface area contributed by atoms with Crippen LogP contribution < -0.4 is 15.4 Å². The van der Waals surface area contributed by atoms with Crippen molar-refractivity contribution in [2.75, 3.05) is 19.0 Å². The Hall–Kier alpha value is -1.78. The van der Waals surface area contributed by atoms with E-state index in [1.165, 1.54) is 19.3 Å². The van der Waals surface area contributed by atoms with Crippen molar-refractivity contribution >= 4 is 11.8 Å². The lowest BCUT2D eigenvalue weighted by Gasteiger charge is -2.25. The summed E-state index contributed by atoms with van der Waals surface area (Å²) in [6.07, 6.45) is 5.36. The monoisotopic (exact) mass is 249 g/mol. The number of ether oxygens (including phenoxy) is 1. The van der Waals surface area contributed by atoms with Crippen LogP contribution in [0.5, 0.6) is 5.75 Å². The smallest absolute Gasteiger partial charge is 0.320 e. The van der Waals surface area contributed by atoms with E-state index >= 15 is 0 Å². The fraction of sp³-hybridized carbons (Fsp3) is 0.538. The second kappa shape index (κ2) is 5.71. The third-order valence-electron chi connectivity index (χ3n) is 3.31. The largest absolute Gasteiger partial charge is 0.493 e. The summed E-state index contributed by atoms with van der Waals surface area (Å²) in [6.45, 7) is 2.65. The summed E-state index contributed by atoms with van der Waals surface area (Å²) in [5, 5.41) is 5.58. The van der Waals surface area contributed by atoms with Crippen LogP contribution in [0, 0.1) is 12.8 Å². The van der Waals surface area contributed by atoms with Crippen molar-refractivity contribution in [2.45, 2.75) is 26.2 Å². The molecule has 1 heterocycles. The summed E-state index contributed by atoms with van der Waals surface area (Å²) >= 11 is 0. The number of pyridine rings is 1. The number of urea groups is 1. The molecule has 0 spiro atoms. The Morgan fingerprint density at radius 3 is 2.94 bits per heavy atom. The Morgan fingerprint density at radius 2 is 2.33 bits per heavy atom. The van der Waals surface area contributed by atoms with Crippen molar-refractivity contribution in [3.05, 3.63) is 17.8 Å². The summed E-state index contributed by atoms with van der Waals surface area (Å²) < 4.78 is 5.23. The number of carbonyl (C=O) groups excluding carboxylic acids is 1. The molecule has 0 unspecified atom stereocenters. The number of methoxy groups -OCH3 is 1. The van der Waals surface area contributed by atoms with Crippen molar-refractivity contribution in [2.24, 2.45) is 5.92 Å². The maximum atomic E-state index is 11.7. The Bertz CT molecular complexity index is 430. The quantitative estimate of drug-likeness (QED) is 0.860. The highest BCUT2D eigenvalue weighted by Gasteiger charge is 2.18. The van der Waals surface area contributed by atoms with Crippen LogP contribution in [-0.2, 0) is 0 Å². The van der Waals surface area contributed by atoms with E-state index in [-0.39, 0.29) is 6.03 Å². The minimum Gasteiger partial charge on any atom is -0.493 e. The molecule has 0 saturated heterocycles. The van der Waals surface area contributed by atoms with E-state index in [1.807, 2.05) is 13.0 Å². The van der Waals surface area contributed by atoms with E-state index in [9.17, 15) is 4.79 Å². The third-order valence-corrected chi connectivity index (χ3v) is 3.31. The van der Waals surface area contributed by atoms with Gasteiger partial charge >= 0.3 is 6.03 Å². The predicted octanol–water partition coefficient (Wildman–Crippen LogP) is 2.32. The van der Waals surface area contributed by atoms with Gasteiger partial charge in [0.1, 0.15) is 0 Å². The molecule has 1 aliphatic carbocycles. The number of nitrogens with one attached hydrogen (secondary N) is 2. The van der Waals surface area contributed by atoms with Crippen LogP contribution in [0.15, 0.2) is 12.3 Å². The van der Waals surface area contributed by atoms with Crippen LogP contribution in [0.2, 0.25) is 0 Å². The average Bonchev–Trinajstić information content (AvgIpc) is 2.27. The highest BCUT2D eigenvalue weighted by Crippen LogP contribution is 2.26. The fourth-order valence-electron chi connectivity index (χ4n) is 1.98. The molecular formula is C13H19N3O2. The zero-order valence-corrected chi connectivity index (χ0v) is 10.8. The van der Waals surface area contributed by atoms with Crippen LogP contribution in [0.1, 0.15) is 24.8 Å². The van der Waals surface area contributed by atoms with E-state index in [0.717, 1.165) is 12.1 Å². The van der Waals surface area contributed by atoms with Crippen molar-refractivity contribution < 1.29 is 9.53 Å². The van der Waals surface area contributed by atoms with Crippen LogP contribution in [0.25, 0.3) is 0 Å². The van der Waals surface area contributed by atoms with E-state index in [2.05, 4.69) is 15.6 Å². The van der Waals surface area contributed by atoms with Gasteiger partial charge < -0.3 is 10.1 Å². The molecule has 98 valence electrons. The van der Waals surface area contributed by atoms with Crippen LogP contribution >= 0.6 is 0 Å². The van der Waals surface area contributed by atoms with E-state index in [0.29, 0.717) is 17.5 Å². The molecule has 1 aromatic heterocycles. The van der Waals surface area contributed by atoms with Crippen LogP contribution in [0.4, 0.5) is 10.6 Å². The van der Waals surface area contributed by atoms with E-state index in [1.54, 1.807) is 13.3 Å². The lowest BCUT2D eigenvalue weighted by Crippen LogP contribution is -2.35. The molecule has 1 aromatic rings. The van der Waals surface area contributed by atoms with E-state index < -0.39 is 0 Å². The summed E-state index contributed by atoms with van der Waals surface area (Å²) in [6, 6.07) is 1.62. The van der Waals surface area contributed by atoms with Crippen LogP contribution in [0.3, 0.4) is 0 Å². The first-order chi connectivity index (χ1) is 8.70. The first kappa shape index (κ1) is 12.7. The van der Waals surface area contributed by atoms with Gasteiger partial charge in [0.05, 0.1) is 7.11 Å². The van der Waals surface area contributed by atoms with Crippen molar-refractivity contribution in [3.8, 4) is 5.75 Å². The second-order valence-electron chi connectivity index (χ2n) is 4.64. The maximum Gasteiger partial charge on any atom is 0.320 e. The molecule has 0 radical (unpaired) electrons. The van der Waals surface area contributed by atoms with Gasteiger partial charge in [-0.15, -0.1) is 0 Å².